The maximum Gasteiger partial charge on any atom is 0.194 e. The molecule has 6 heteroatoms. The molecule has 2 heterocycles. The third-order valence-electron chi connectivity index (χ3n) is 5.73. The summed E-state index contributed by atoms with van der Waals surface area (Å²) >= 11 is 0. The first kappa shape index (κ1) is 20.9. The molecule has 4 atom stereocenters. The quantitative estimate of drug-likeness (QED) is 0.395. The van der Waals surface area contributed by atoms with E-state index in [1.807, 2.05) is 0 Å². The van der Waals surface area contributed by atoms with Gasteiger partial charge in [-0.15, -0.1) is 24.0 Å². The van der Waals surface area contributed by atoms with Crippen LogP contribution in [0.3, 0.4) is 0 Å². The highest BCUT2D eigenvalue weighted by Gasteiger charge is 2.38. The molecule has 150 valence electrons. The van der Waals surface area contributed by atoms with E-state index in [2.05, 4.69) is 47.5 Å². The van der Waals surface area contributed by atoms with Crippen LogP contribution in [0.1, 0.15) is 37.7 Å². The molecule has 4 rings (SSSR count). The lowest BCUT2D eigenvalue weighted by atomic mass is 10.1. The minimum atomic E-state index is 0. The zero-order chi connectivity index (χ0) is 17.8. The van der Waals surface area contributed by atoms with Crippen molar-refractivity contribution in [1.29, 1.82) is 0 Å². The van der Waals surface area contributed by atoms with Crippen molar-refractivity contribution in [1.82, 2.24) is 10.2 Å². The summed E-state index contributed by atoms with van der Waals surface area (Å²) < 4.78 is 11.8. The minimum absolute atomic E-state index is 0. The fourth-order valence-corrected chi connectivity index (χ4v) is 4.18. The van der Waals surface area contributed by atoms with E-state index in [1.54, 1.807) is 0 Å². The van der Waals surface area contributed by atoms with Gasteiger partial charge in [0.25, 0.3) is 0 Å². The normalized spacial score (nSPS) is 30.7. The lowest BCUT2D eigenvalue weighted by Gasteiger charge is -2.37. The Morgan fingerprint density at radius 3 is 2.74 bits per heavy atom. The van der Waals surface area contributed by atoms with E-state index in [-0.39, 0.29) is 36.2 Å². The van der Waals surface area contributed by atoms with Crippen molar-refractivity contribution in [3.05, 3.63) is 35.9 Å². The predicted molar refractivity (Wildman–Crippen MR) is 119 cm³/mol. The Morgan fingerprint density at radius 2 is 2.00 bits per heavy atom. The molecule has 0 spiro atoms. The third-order valence-corrected chi connectivity index (χ3v) is 5.73. The Bertz CT molecular complexity index is 607. The Balaban J connectivity index is 0.00000210. The number of benzene rings is 1. The SMILES string of the molecule is CCNC(=NCC1CC1c1ccccc1)N1CCOC(C2CCCO2)C1.I. The molecule has 1 aliphatic carbocycles. The maximum absolute atomic E-state index is 5.98. The number of guanidine groups is 1. The van der Waals surface area contributed by atoms with Gasteiger partial charge in [0.05, 0.1) is 12.7 Å². The van der Waals surface area contributed by atoms with Crippen LogP contribution in [0.15, 0.2) is 35.3 Å². The van der Waals surface area contributed by atoms with Crippen LogP contribution < -0.4 is 5.32 Å². The van der Waals surface area contributed by atoms with E-state index in [9.17, 15) is 0 Å². The van der Waals surface area contributed by atoms with Crippen molar-refractivity contribution in [2.75, 3.05) is 39.4 Å². The van der Waals surface area contributed by atoms with Gasteiger partial charge >= 0.3 is 0 Å². The van der Waals surface area contributed by atoms with Gasteiger partial charge in [0, 0.05) is 32.8 Å². The smallest absolute Gasteiger partial charge is 0.194 e. The molecule has 1 aromatic carbocycles. The molecule has 0 aromatic heterocycles. The van der Waals surface area contributed by atoms with Crippen LogP contribution in [0, 0.1) is 5.92 Å². The van der Waals surface area contributed by atoms with E-state index in [0.717, 1.165) is 58.2 Å². The van der Waals surface area contributed by atoms with E-state index in [1.165, 1.54) is 12.0 Å². The largest absolute Gasteiger partial charge is 0.375 e. The summed E-state index contributed by atoms with van der Waals surface area (Å²) in [4.78, 5) is 7.33. The maximum atomic E-state index is 5.98. The second-order valence-electron chi connectivity index (χ2n) is 7.61. The lowest BCUT2D eigenvalue weighted by molar-refractivity contribution is -0.0817. The monoisotopic (exact) mass is 485 g/mol. The topological polar surface area (TPSA) is 46.1 Å². The zero-order valence-electron chi connectivity index (χ0n) is 16.2. The summed E-state index contributed by atoms with van der Waals surface area (Å²) in [7, 11) is 0. The predicted octanol–water partition coefficient (Wildman–Crippen LogP) is 3.25. The Hall–Kier alpha value is -0.860. The van der Waals surface area contributed by atoms with Crippen molar-refractivity contribution in [3.8, 4) is 0 Å². The number of nitrogens with zero attached hydrogens (tertiary/aromatic N) is 2. The van der Waals surface area contributed by atoms with Gasteiger partial charge in [0.15, 0.2) is 5.96 Å². The van der Waals surface area contributed by atoms with E-state index >= 15 is 0 Å². The van der Waals surface area contributed by atoms with Crippen molar-refractivity contribution < 1.29 is 9.47 Å². The van der Waals surface area contributed by atoms with Gasteiger partial charge in [-0.3, -0.25) is 4.99 Å². The number of halogens is 1. The number of hydrogen-bond acceptors (Lipinski definition) is 3. The Labute approximate surface area is 179 Å². The van der Waals surface area contributed by atoms with E-state index in [0.29, 0.717) is 11.8 Å². The average molecular weight is 485 g/mol. The fraction of sp³-hybridized carbons (Fsp3) is 0.667. The summed E-state index contributed by atoms with van der Waals surface area (Å²) in [6.45, 7) is 7.35. The average Bonchev–Trinajstić information content (AvgIpc) is 3.26. The van der Waals surface area contributed by atoms with Crippen LogP contribution in [-0.2, 0) is 9.47 Å². The summed E-state index contributed by atoms with van der Waals surface area (Å²) in [5.74, 6) is 2.41. The third kappa shape index (κ3) is 5.35. The van der Waals surface area contributed by atoms with Gasteiger partial charge in [-0.2, -0.15) is 0 Å². The molecule has 4 unspecified atom stereocenters. The van der Waals surface area contributed by atoms with Crippen LogP contribution in [0.5, 0.6) is 0 Å². The molecule has 27 heavy (non-hydrogen) atoms. The number of rotatable bonds is 5. The van der Waals surface area contributed by atoms with Crippen molar-refractivity contribution >= 4 is 29.9 Å². The highest BCUT2D eigenvalue weighted by Crippen LogP contribution is 2.47. The molecule has 5 nitrogen and oxygen atoms in total. The standard InChI is InChI=1S/C21H31N3O2.HI/c1-2-22-21(23-14-17-13-18(17)16-7-4-3-5-8-16)24-10-12-26-20(15-24)19-9-6-11-25-19;/h3-5,7-8,17-20H,2,6,9-15H2,1H3,(H,22,23);1H. The summed E-state index contributed by atoms with van der Waals surface area (Å²) in [6, 6.07) is 10.8. The second kappa shape index (κ2) is 10.1. The van der Waals surface area contributed by atoms with Gasteiger partial charge in [0.2, 0.25) is 0 Å². The van der Waals surface area contributed by atoms with E-state index in [4.69, 9.17) is 14.5 Å². The first-order chi connectivity index (χ1) is 12.8. The Morgan fingerprint density at radius 1 is 1.19 bits per heavy atom. The van der Waals surface area contributed by atoms with Crippen LogP contribution in [0.4, 0.5) is 0 Å². The minimum Gasteiger partial charge on any atom is -0.375 e. The van der Waals surface area contributed by atoms with Crippen LogP contribution in [-0.4, -0.2) is 62.5 Å². The van der Waals surface area contributed by atoms with Crippen molar-refractivity contribution in [2.24, 2.45) is 10.9 Å². The van der Waals surface area contributed by atoms with Crippen LogP contribution >= 0.6 is 24.0 Å². The molecule has 1 aromatic rings. The number of aliphatic imine (C=N–C) groups is 1. The van der Waals surface area contributed by atoms with Crippen molar-refractivity contribution in [2.45, 2.75) is 44.3 Å². The Kier molecular flexibility index (Phi) is 7.78. The molecular formula is C21H32IN3O2. The molecule has 0 radical (unpaired) electrons. The molecular weight excluding hydrogens is 453 g/mol. The molecule has 1 N–H and O–H groups in total. The first-order valence-corrected chi connectivity index (χ1v) is 10.2. The van der Waals surface area contributed by atoms with Crippen LogP contribution in [0.25, 0.3) is 0 Å². The summed E-state index contributed by atoms with van der Waals surface area (Å²) in [5.41, 5.74) is 1.46. The number of ether oxygens (including phenoxy) is 2. The first-order valence-electron chi connectivity index (χ1n) is 10.2. The highest BCUT2D eigenvalue weighted by molar-refractivity contribution is 14.0. The molecule has 0 bridgehead atoms. The highest BCUT2D eigenvalue weighted by atomic mass is 127. The van der Waals surface area contributed by atoms with E-state index < -0.39 is 0 Å². The number of morpholine rings is 1. The fourth-order valence-electron chi connectivity index (χ4n) is 4.18. The second-order valence-corrected chi connectivity index (χ2v) is 7.61. The molecule has 1 saturated carbocycles. The summed E-state index contributed by atoms with van der Waals surface area (Å²) in [5, 5.41) is 3.48. The van der Waals surface area contributed by atoms with Gasteiger partial charge < -0.3 is 19.7 Å². The molecule has 3 aliphatic rings. The van der Waals surface area contributed by atoms with Gasteiger partial charge in [-0.25, -0.2) is 0 Å². The molecule has 2 aliphatic heterocycles. The molecule has 3 fully saturated rings. The van der Waals surface area contributed by atoms with Gasteiger partial charge in [-0.1, -0.05) is 30.3 Å². The van der Waals surface area contributed by atoms with Gasteiger partial charge in [0.1, 0.15) is 6.10 Å². The summed E-state index contributed by atoms with van der Waals surface area (Å²) in [6.07, 6.45) is 3.96. The molecule has 2 saturated heterocycles. The molecule has 0 amide bonds. The lowest BCUT2D eigenvalue weighted by Crippen LogP contribution is -2.53. The number of nitrogens with one attached hydrogen (secondary N) is 1. The van der Waals surface area contributed by atoms with Gasteiger partial charge in [-0.05, 0) is 43.6 Å². The van der Waals surface area contributed by atoms with Crippen molar-refractivity contribution in [3.63, 3.8) is 0 Å². The zero-order valence-corrected chi connectivity index (χ0v) is 18.5. The van der Waals surface area contributed by atoms with Crippen LogP contribution in [0.2, 0.25) is 0 Å². The number of hydrogen-bond donors (Lipinski definition) is 1.